The van der Waals surface area contributed by atoms with E-state index in [1.165, 1.54) is 0 Å². The number of carbonyl (C=O) groups is 3. The first-order chi connectivity index (χ1) is 19.1. The van der Waals surface area contributed by atoms with E-state index in [-0.39, 0.29) is 30.3 Å². The number of rotatable bonds is 6. The minimum atomic E-state index is -1.27. The van der Waals surface area contributed by atoms with E-state index in [1.54, 1.807) is 42.2 Å². The smallest absolute Gasteiger partial charge is 0.246 e. The maximum atomic E-state index is 14.2. The Morgan fingerprint density at radius 3 is 2.40 bits per heavy atom. The fraction of sp³-hybridized carbons (Fsp3) is 0.433. The molecule has 0 unspecified atom stereocenters. The quantitative estimate of drug-likeness (QED) is 0.411. The summed E-state index contributed by atoms with van der Waals surface area (Å²) in [5.74, 6) is -2.66. The number of anilines is 1. The van der Waals surface area contributed by atoms with Gasteiger partial charge in [-0.3, -0.25) is 14.4 Å². The molecule has 2 N–H and O–H groups in total. The maximum absolute atomic E-state index is 14.2. The molecular formula is C30H30Cl3N3O4. The van der Waals surface area contributed by atoms with Crippen molar-refractivity contribution >= 4 is 58.2 Å². The number of ether oxygens (including phenoxy) is 1. The molecule has 10 heteroatoms. The molecule has 3 amide bonds. The first-order valence-corrected chi connectivity index (χ1v) is 14.8. The second-order valence-corrected chi connectivity index (χ2v) is 12.6. The summed E-state index contributed by atoms with van der Waals surface area (Å²) in [5, 5.41) is 7.35. The molecule has 210 valence electrons. The van der Waals surface area contributed by atoms with Gasteiger partial charge >= 0.3 is 0 Å². The molecule has 6 rings (SSSR count). The molecule has 0 radical (unpaired) electrons. The molecule has 3 aliphatic heterocycles. The zero-order valence-electron chi connectivity index (χ0n) is 22.0. The van der Waals surface area contributed by atoms with Crippen LogP contribution in [-0.2, 0) is 25.7 Å². The third kappa shape index (κ3) is 4.61. The highest BCUT2D eigenvalue weighted by Crippen LogP contribution is 2.60. The zero-order chi connectivity index (χ0) is 28.2. The summed E-state index contributed by atoms with van der Waals surface area (Å²) < 4.78 is 6.60. The molecule has 40 heavy (non-hydrogen) atoms. The van der Waals surface area contributed by atoms with Gasteiger partial charge in [0.25, 0.3) is 0 Å². The van der Waals surface area contributed by atoms with E-state index in [0.717, 1.165) is 37.7 Å². The van der Waals surface area contributed by atoms with Gasteiger partial charge in [0.05, 0.1) is 27.5 Å². The lowest BCUT2D eigenvalue weighted by Gasteiger charge is -2.34. The Kier molecular flexibility index (Phi) is 7.14. The number of likely N-dealkylation sites (tertiary alicyclic amines) is 1. The molecule has 4 aliphatic rings. The van der Waals surface area contributed by atoms with E-state index < -0.39 is 29.1 Å². The van der Waals surface area contributed by atoms with Crippen molar-refractivity contribution in [2.75, 3.05) is 5.32 Å². The van der Waals surface area contributed by atoms with Crippen molar-refractivity contribution in [3.63, 3.8) is 0 Å². The van der Waals surface area contributed by atoms with Gasteiger partial charge in [0.15, 0.2) is 0 Å². The van der Waals surface area contributed by atoms with Crippen LogP contribution in [0.25, 0.3) is 0 Å². The number of benzene rings is 2. The van der Waals surface area contributed by atoms with Crippen molar-refractivity contribution in [2.45, 2.75) is 68.9 Å². The van der Waals surface area contributed by atoms with E-state index >= 15 is 0 Å². The van der Waals surface area contributed by atoms with Gasteiger partial charge < -0.3 is 20.3 Å². The molecule has 1 spiro atoms. The third-order valence-corrected chi connectivity index (χ3v) is 9.72. The average molecular weight is 603 g/mol. The average Bonchev–Trinajstić information content (AvgIpc) is 3.49. The van der Waals surface area contributed by atoms with Crippen molar-refractivity contribution < 1.29 is 19.1 Å². The number of halogens is 3. The monoisotopic (exact) mass is 601 g/mol. The Bertz CT molecular complexity index is 1390. The lowest BCUT2D eigenvalue weighted by molar-refractivity contribution is -0.145. The Labute approximate surface area is 248 Å². The molecule has 2 bridgehead atoms. The van der Waals surface area contributed by atoms with Gasteiger partial charge in [-0.2, -0.15) is 0 Å². The van der Waals surface area contributed by atoms with Crippen LogP contribution in [0.3, 0.4) is 0 Å². The summed E-state index contributed by atoms with van der Waals surface area (Å²) in [4.78, 5) is 43.6. The van der Waals surface area contributed by atoms with Gasteiger partial charge in [0, 0.05) is 23.3 Å². The molecule has 2 aromatic carbocycles. The van der Waals surface area contributed by atoms with E-state index in [0.29, 0.717) is 20.8 Å². The largest absolute Gasteiger partial charge is 0.356 e. The van der Waals surface area contributed by atoms with Gasteiger partial charge in [0.1, 0.15) is 11.6 Å². The van der Waals surface area contributed by atoms with Gasteiger partial charge in [-0.25, -0.2) is 0 Å². The lowest BCUT2D eigenvalue weighted by atomic mass is 9.70. The molecule has 3 fully saturated rings. The number of fused-ring (bicyclic) bond motifs is 1. The number of amides is 3. The minimum Gasteiger partial charge on any atom is -0.356 e. The Hall–Kier alpha value is -2.58. The number of hydrogen-bond donors (Lipinski definition) is 2. The Balaban J connectivity index is 1.35. The van der Waals surface area contributed by atoms with Crippen LogP contribution in [0.4, 0.5) is 5.69 Å². The second-order valence-electron chi connectivity index (χ2n) is 11.4. The summed E-state index contributed by atoms with van der Waals surface area (Å²) in [5.41, 5.74) is -1.04. The van der Waals surface area contributed by atoms with E-state index in [4.69, 9.17) is 39.5 Å². The van der Waals surface area contributed by atoms with Crippen molar-refractivity contribution in [2.24, 2.45) is 11.8 Å². The van der Waals surface area contributed by atoms with Gasteiger partial charge in [-0.05, 0) is 55.7 Å². The molecule has 2 saturated heterocycles. The second kappa shape index (κ2) is 10.4. The van der Waals surface area contributed by atoms with Crippen molar-refractivity contribution in [3.8, 4) is 0 Å². The first-order valence-electron chi connectivity index (χ1n) is 13.6. The minimum absolute atomic E-state index is 0.0519. The van der Waals surface area contributed by atoms with E-state index in [2.05, 4.69) is 10.6 Å². The molecule has 3 heterocycles. The SMILES string of the molecule is C[C@@]12C=C[C@]3(O1)[C@H](C(=O)N(Cc1ccc(Cl)cc1)[C@H]3C(=O)NC1CCCCC1)[C@@H]2C(=O)Nc1ccc(Cl)c(Cl)c1. The topological polar surface area (TPSA) is 87.7 Å². The van der Waals surface area contributed by atoms with Crippen LogP contribution in [0.1, 0.15) is 44.6 Å². The highest BCUT2D eigenvalue weighted by Gasteiger charge is 2.76. The Morgan fingerprint density at radius 2 is 1.70 bits per heavy atom. The highest BCUT2D eigenvalue weighted by atomic mass is 35.5. The maximum Gasteiger partial charge on any atom is 0.246 e. The number of nitrogens with one attached hydrogen (secondary N) is 2. The van der Waals surface area contributed by atoms with Crippen LogP contribution in [0.15, 0.2) is 54.6 Å². The summed E-state index contributed by atoms with van der Waals surface area (Å²) in [7, 11) is 0. The molecule has 7 nitrogen and oxygen atoms in total. The van der Waals surface area contributed by atoms with Crippen LogP contribution in [0, 0.1) is 11.8 Å². The van der Waals surface area contributed by atoms with Crippen LogP contribution in [0.5, 0.6) is 0 Å². The van der Waals surface area contributed by atoms with Crippen LogP contribution < -0.4 is 10.6 Å². The highest BCUT2D eigenvalue weighted by molar-refractivity contribution is 6.42. The van der Waals surface area contributed by atoms with Gasteiger partial charge in [-0.15, -0.1) is 0 Å². The van der Waals surface area contributed by atoms with Gasteiger partial charge in [-0.1, -0.05) is 78.4 Å². The first kappa shape index (κ1) is 27.6. The zero-order valence-corrected chi connectivity index (χ0v) is 24.2. The fourth-order valence-electron chi connectivity index (χ4n) is 6.91. The summed E-state index contributed by atoms with van der Waals surface area (Å²) in [6.45, 7) is 1.98. The van der Waals surface area contributed by atoms with Crippen LogP contribution in [-0.4, -0.2) is 45.9 Å². The molecule has 1 saturated carbocycles. The summed E-state index contributed by atoms with van der Waals surface area (Å²) >= 11 is 18.3. The number of carbonyl (C=O) groups excluding carboxylic acids is 3. The summed E-state index contributed by atoms with van der Waals surface area (Å²) in [6, 6.07) is 11.1. The van der Waals surface area contributed by atoms with E-state index in [1.807, 2.05) is 24.3 Å². The normalized spacial score (nSPS) is 30.9. The van der Waals surface area contributed by atoms with Crippen molar-refractivity contribution in [1.82, 2.24) is 10.2 Å². The molecular weight excluding hydrogens is 573 g/mol. The van der Waals surface area contributed by atoms with Gasteiger partial charge in [0.2, 0.25) is 17.7 Å². The molecule has 2 aromatic rings. The lowest BCUT2D eigenvalue weighted by Crippen LogP contribution is -2.56. The molecule has 1 aliphatic carbocycles. The third-order valence-electron chi connectivity index (χ3n) is 8.73. The number of hydrogen-bond acceptors (Lipinski definition) is 4. The molecule has 0 aromatic heterocycles. The van der Waals surface area contributed by atoms with Crippen molar-refractivity contribution in [1.29, 1.82) is 0 Å². The predicted molar refractivity (Wildman–Crippen MR) is 154 cm³/mol. The van der Waals surface area contributed by atoms with Crippen LogP contribution in [0.2, 0.25) is 15.1 Å². The van der Waals surface area contributed by atoms with Crippen LogP contribution >= 0.6 is 34.8 Å². The predicted octanol–water partition coefficient (Wildman–Crippen LogP) is 5.78. The fourth-order valence-corrected chi connectivity index (χ4v) is 7.33. The standard InChI is InChI=1S/C30H30Cl3N3O4/c1-29-13-14-30(40-29)24(23(29)26(37)35-20-11-12-21(32)22(33)15-20)28(39)36(16-17-7-9-18(31)10-8-17)25(30)27(38)34-19-5-3-2-4-6-19/h7-15,19,23-25H,2-6,16H2,1H3,(H,34,38)(H,35,37)/t23-,24+,25+,29+,30+/m1/s1. The van der Waals surface area contributed by atoms with Crippen molar-refractivity contribution in [3.05, 3.63) is 75.2 Å². The Morgan fingerprint density at radius 1 is 0.975 bits per heavy atom. The molecule has 5 atom stereocenters. The summed E-state index contributed by atoms with van der Waals surface area (Å²) in [6.07, 6.45) is 8.73. The number of nitrogens with zero attached hydrogens (tertiary/aromatic N) is 1. The van der Waals surface area contributed by atoms with E-state index in [9.17, 15) is 14.4 Å².